The van der Waals surface area contributed by atoms with Gasteiger partial charge in [0.05, 0.1) is 23.9 Å². The largest absolute Gasteiger partial charge is 0.453 e. The molecule has 2 heterocycles. The first-order valence-electron chi connectivity index (χ1n) is 12.9. The van der Waals surface area contributed by atoms with Crippen LogP contribution >= 0.6 is 11.6 Å². The van der Waals surface area contributed by atoms with Crippen LogP contribution in [0.5, 0.6) is 0 Å². The van der Waals surface area contributed by atoms with E-state index in [9.17, 15) is 24.0 Å². The number of nitrogens with zero attached hydrogens (tertiary/aromatic N) is 2. The van der Waals surface area contributed by atoms with Crippen LogP contribution in [0.15, 0.2) is 36.4 Å². The third-order valence-electron chi connectivity index (χ3n) is 6.59. The molecule has 0 saturated heterocycles. The van der Waals surface area contributed by atoms with Gasteiger partial charge < -0.3 is 20.4 Å². The van der Waals surface area contributed by atoms with Crippen LogP contribution in [-0.4, -0.2) is 41.4 Å². The first kappa shape index (κ1) is 29.3. The third-order valence-corrected chi connectivity index (χ3v) is 6.89. The summed E-state index contributed by atoms with van der Waals surface area (Å²) in [6.45, 7) is 1.94. The van der Waals surface area contributed by atoms with Crippen LogP contribution in [0.4, 0.5) is 20.6 Å². The van der Waals surface area contributed by atoms with Gasteiger partial charge >= 0.3 is 6.09 Å². The Balaban J connectivity index is 1.65. The molecule has 0 unspecified atom stereocenters. The highest BCUT2D eigenvalue weighted by Crippen LogP contribution is 2.34. The van der Waals surface area contributed by atoms with E-state index >= 15 is 0 Å². The molecule has 2 aromatic carbocycles. The minimum absolute atomic E-state index is 0.0731. The lowest BCUT2D eigenvalue weighted by Gasteiger charge is -2.18. The lowest BCUT2D eigenvalue weighted by atomic mass is 10.0. The zero-order valence-electron chi connectivity index (χ0n) is 22.4. The van der Waals surface area contributed by atoms with Crippen molar-refractivity contribution in [2.45, 2.75) is 38.6 Å². The quantitative estimate of drug-likeness (QED) is 0.215. The van der Waals surface area contributed by atoms with E-state index < -0.39 is 23.9 Å². The maximum atomic E-state index is 14.7. The number of hydrogen-bond acceptors (Lipinski definition) is 7. The molecule has 3 aromatic rings. The summed E-state index contributed by atoms with van der Waals surface area (Å²) in [6.07, 6.45) is 4.72. The summed E-state index contributed by atoms with van der Waals surface area (Å²) in [7, 11) is 1.27. The average molecular weight is 579 g/mol. The van der Waals surface area contributed by atoms with Crippen molar-refractivity contribution in [2.24, 2.45) is 0 Å². The van der Waals surface area contributed by atoms with E-state index in [1.54, 1.807) is 18.2 Å². The number of aromatic nitrogens is 2. The Kier molecular flexibility index (Phi) is 9.37. The number of ether oxygens (including phenoxy) is 1. The third kappa shape index (κ3) is 6.91. The lowest BCUT2D eigenvalue weighted by molar-refractivity contribution is -0.117. The highest BCUT2D eigenvalue weighted by molar-refractivity contribution is 6.31. The van der Waals surface area contributed by atoms with Crippen molar-refractivity contribution in [1.29, 1.82) is 5.26 Å². The van der Waals surface area contributed by atoms with Gasteiger partial charge in [0, 0.05) is 40.7 Å². The van der Waals surface area contributed by atoms with Gasteiger partial charge in [0.25, 0.3) is 0 Å². The number of fused-ring (bicyclic) bond motifs is 4. The van der Waals surface area contributed by atoms with Gasteiger partial charge in [-0.15, -0.1) is 0 Å². The van der Waals surface area contributed by atoms with Gasteiger partial charge in [0.1, 0.15) is 17.7 Å². The molecule has 0 aliphatic carbocycles. The monoisotopic (exact) mass is 578 g/mol. The molecule has 212 valence electrons. The van der Waals surface area contributed by atoms with E-state index in [0.717, 1.165) is 25.3 Å². The normalized spacial score (nSPS) is 15.0. The Morgan fingerprint density at radius 2 is 2.02 bits per heavy atom. The summed E-state index contributed by atoms with van der Waals surface area (Å²) in [6, 6.07) is 9.42. The highest BCUT2D eigenvalue weighted by Gasteiger charge is 2.23. The van der Waals surface area contributed by atoms with Crippen LogP contribution in [0.1, 0.15) is 66.1 Å². The fourth-order valence-corrected chi connectivity index (χ4v) is 4.72. The molecule has 0 saturated carbocycles. The van der Waals surface area contributed by atoms with Gasteiger partial charge in [-0.05, 0) is 56.2 Å². The topological polar surface area (TPSA) is 149 Å². The molecule has 10 nitrogen and oxygen atoms in total. The number of methoxy groups -OCH3 is 1. The number of halogens is 2. The number of ketones is 1. The molecule has 1 aromatic heterocycles. The van der Waals surface area contributed by atoms with Crippen molar-refractivity contribution < 1.29 is 23.5 Å². The molecule has 41 heavy (non-hydrogen) atoms. The van der Waals surface area contributed by atoms with Crippen molar-refractivity contribution in [1.82, 2.24) is 15.3 Å². The number of Topliss-reactive ketones (excluding diaryl/α,β-unsaturated/α-hetero) is 1. The van der Waals surface area contributed by atoms with Crippen LogP contribution < -0.4 is 16.0 Å². The van der Waals surface area contributed by atoms with E-state index in [1.807, 2.05) is 0 Å². The Bertz CT molecular complexity index is 1560. The smallest absolute Gasteiger partial charge is 0.411 e. The molecule has 4 N–H and O–H groups in total. The molecule has 1 aliphatic heterocycles. The summed E-state index contributed by atoms with van der Waals surface area (Å²) in [5, 5.41) is 18.6. The molecule has 2 bridgehead atoms. The molecule has 0 radical (unpaired) electrons. The molecule has 4 rings (SSSR count). The predicted molar refractivity (Wildman–Crippen MR) is 153 cm³/mol. The molecule has 1 aliphatic rings. The second-order valence-corrected chi connectivity index (χ2v) is 9.79. The number of rotatable bonds is 5. The number of H-pyrrole nitrogens is 1. The number of anilines is 2. The second kappa shape index (κ2) is 13.1. The average Bonchev–Trinajstić information content (AvgIpc) is 3.38. The Labute approximate surface area is 240 Å². The highest BCUT2D eigenvalue weighted by atomic mass is 35.5. The number of aromatic amines is 1. The van der Waals surface area contributed by atoms with Crippen LogP contribution in [0.3, 0.4) is 0 Å². The van der Waals surface area contributed by atoms with Crippen molar-refractivity contribution in [3.05, 3.63) is 69.9 Å². The predicted octanol–water partition coefficient (Wildman–Crippen LogP) is 5.98. The number of imidazole rings is 1. The summed E-state index contributed by atoms with van der Waals surface area (Å²) < 4.78 is 19.3. The zero-order valence-corrected chi connectivity index (χ0v) is 23.2. The van der Waals surface area contributed by atoms with E-state index in [2.05, 4.69) is 36.7 Å². The van der Waals surface area contributed by atoms with Crippen molar-refractivity contribution in [3.63, 3.8) is 0 Å². The summed E-state index contributed by atoms with van der Waals surface area (Å²) in [4.78, 5) is 44.3. The van der Waals surface area contributed by atoms with E-state index in [-0.39, 0.29) is 27.6 Å². The van der Waals surface area contributed by atoms with Gasteiger partial charge in [-0.1, -0.05) is 24.4 Å². The fourth-order valence-electron chi connectivity index (χ4n) is 4.55. The van der Waals surface area contributed by atoms with E-state index in [1.165, 1.54) is 32.2 Å². The van der Waals surface area contributed by atoms with Gasteiger partial charge in [0.15, 0.2) is 11.5 Å². The zero-order chi connectivity index (χ0) is 29.5. The van der Waals surface area contributed by atoms with Crippen LogP contribution in [-0.2, 0) is 9.53 Å². The van der Waals surface area contributed by atoms with Crippen molar-refractivity contribution in [3.8, 4) is 17.3 Å². The molecule has 2 amide bonds. The first-order chi connectivity index (χ1) is 19.7. The van der Waals surface area contributed by atoms with Gasteiger partial charge in [-0.25, -0.2) is 14.2 Å². The molecule has 1 atom stereocenters. The molecule has 12 heteroatoms. The Morgan fingerprint density at radius 1 is 1.22 bits per heavy atom. The standard InChI is InChI=1S/C29H28ClFN6O4/c1-16(38)18-9-11-21(30)26(31)19(18)10-12-25(39)35-22-6-4-3-5-13-33-23-14-17(34-29(40)41-2)7-8-20(23)27-24(15-32)36-28(22)37-27/h7-12,14,22,33H,3-6,13H2,1-2H3,(H,34,40)(H,35,39)(H,36,37)/b12-10+/t22-/m0/s1. The SMILES string of the molecule is COC(=O)Nc1ccc2c(c1)NCCCCC[C@H](NC(=O)/C=C/c1c(C(C)=O)ccc(Cl)c1F)c1nc(C#N)c-2[nH]1. The number of benzene rings is 2. The Hall–Kier alpha value is -4.69. The Morgan fingerprint density at radius 3 is 2.76 bits per heavy atom. The molecule has 0 spiro atoms. The number of hydrogen-bond donors (Lipinski definition) is 4. The summed E-state index contributed by atoms with van der Waals surface area (Å²) in [5.41, 5.74) is 2.47. The molecular formula is C29H28ClFN6O4. The first-order valence-corrected chi connectivity index (χ1v) is 13.3. The number of nitriles is 1. The van der Waals surface area contributed by atoms with Crippen LogP contribution in [0.2, 0.25) is 5.02 Å². The minimum Gasteiger partial charge on any atom is -0.453 e. The van der Waals surface area contributed by atoms with E-state index in [0.29, 0.717) is 41.4 Å². The minimum atomic E-state index is -0.791. The number of amides is 2. The maximum Gasteiger partial charge on any atom is 0.411 e. The number of carbonyl (C=O) groups excluding carboxylic acids is 3. The fraction of sp³-hybridized carbons (Fsp3) is 0.276. The summed E-state index contributed by atoms with van der Waals surface area (Å²) in [5.74, 6) is -1.30. The van der Waals surface area contributed by atoms with Crippen LogP contribution in [0, 0.1) is 17.1 Å². The molecule has 0 fully saturated rings. The van der Waals surface area contributed by atoms with E-state index in [4.69, 9.17) is 11.6 Å². The lowest BCUT2D eigenvalue weighted by Crippen LogP contribution is -2.28. The van der Waals surface area contributed by atoms with Gasteiger partial charge in [0.2, 0.25) is 5.91 Å². The van der Waals surface area contributed by atoms with Crippen molar-refractivity contribution >= 4 is 46.8 Å². The van der Waals surface area contributed by atoms with Crippen molar-refractivity contribution in [2.75, 3.05) is 24.3 Å². The maximum absolute atomic E-state index is 14.7. The summed E-state index contributed by atoms with van der Waals surface area (Å²) >= 11 is 5.89. The van der Waals surface area contributed by atoms with Gasteiger partial charge in [-0.2, -0.15) is 5.26 Å². The number of carbonyl (C=O) groups is 3. The van der Waals surface area contributed by atoms with Gasteiger partial charge in [-0.3, -0.25) is 14.9 Å². The number of nitrogens with one attached hydrogen (secondary N) is 4. The molecular weight excluding hydrogens is 551 g/mol. The van der Waals surface area contributed by atoms with Crippen LogP contribution in [0.25, 0.3) is 17.3 Å². The second-order valence-electron chi connectivity index (χ2n) is 9.38.